The Bertz CT molecular complexity index is 721. The fourth-order valence-corrected chi connectivity index (χ4v) is 2.45. The van der Waals surface area contributed by atoms with Crippen molar-refractivity contribution >= 4 is 28.6 Å². The van der Waals surface area contributed by atoms with Crippen molar-refractivity contribution in [2.45, 2.75) is 13.0 Å². The Morgan fingerprint density at radius 1 is 1.21 bits per heavy atom. The number of nitrogens with two attached hydrogens (primary N) is 1. The number of nitrogens with zero attached hydrogens (tertiary/aromatic N) is 3. The molecule has 19 heavy (non-hydrogen) atoms. The Labute approximate surface area is 115 Å². The monoisotopic (exact) mass is 272 g/mol. The first-order chi connectivity index (χ1) is 9.16. The van der Waals surface area contributed by atoms with E-state index in [0.717, 1.165) is 16.6 Å². The van der Waals surface area contributed by atoms with Gasteiger partial charge < -0.3 is 10.3 Å². The number of imidazole rings is 1. The van der Waals surface area contributed by atoms with Crippen molar-refractivity contribution in [2.24, 2.45) is 0 Å². The molecule has 0 aliphatic heterocycles. The second kappa shape index (κ2) is 4.55. The molecule has 2 heterocycles. The van der Waals surface area contributed by atoms with Crippen molar-refractivity contribution in [3.8, 4) is 0 Å². The lowest BCUT2D eigenvalue weighted by Crippen LogP contribution is -2.10. The van der Waals surface area contributed by atoms with E-state index in [1.165, 1.54) is 0 Å². The van der Waals surface area contributed by atoms with E-state index >= 15 is 0 Å². The molecule has 2 N–H and O–H groups in total. The average molecular weight is 273 g/mol. The van der Waals surface area contributed by atoms with E-state index in [2.05, 4.69) is 16.9 Å². The Kier molecular flexibility index (Phi) is 2.87. The Morgan fingerprint density at radius 3 is 2.68 bits per heavy atom. The molecule has 3 aromatic rings. The van der Waals surface area contributed by atoms with Crippen molar-refractivity contribution < 1.29 is 0 Å². The van der Waals surface area contributed by atoms with Crippen LogP contribution in [-0.2, 0) is 0 Å². The smallest absolute Gasteiger partial charge is 0.201 e. The number of rotatable bonds is 2. The zero-order valence-electron chi connectivity index (χ0n) is 10.4. The highest BCUT2D eigenvalue weighted by Crippen LogP contribution is 2.28. The molecular formula is C14H13ClN4. The van der Waals surface area contributed by atoms with Crippen LogP contribution in [0.25, 0.3) is 11.0 Å². The summed E-state index contributed by atoms with van der Waals surface area (Å²) < 4.78 is 2.00. The fourth-order valence-electron chi connectivity index (χ4n) is 2.29. The molecular weight excluding hydrogens is 260 g/mol. The molecule has 1 aromatic carbocycles. The van der Waals surface area contributed by atoms with Crippen LogP contribution in [0.4, 0.5) is 5.95 Å². The molecule has 96 valence electrons. The normalized spacial score (nSPS) is 12.7. The number of hydrogen-bond acceptors (Lipinski definition) is 3. The van der Waals surface area contributed by atoms with Crippen LogP contribution in [-0.4, -0.2) is 14.5 Å². The summed E-state index contributed by atoms with van der Waals surface area (Å²) in [6.07, 6.45) is 3.55. The molecule has 0 fully saturated rings. The zero-order chi connectivity index (χ0) is 13.4. The van der Waals surface area contributed by atoms with Gasteiger partial charge in [0.2, 0.25) is 5.95 Å². The maximum atomic E-state index is 6.03. The van der Waals surface area contributed by atoms with Crippen LogP contribution in [0.15, 0.2) is 42.7 Å². The van der Waals surface area contributed by atoms with E-state index in [-0.39, 0.29) is 6.04 Å². The topological polar surface area (TPSA) is 56.7 Å². The number of fused-ring (bicyclic) bond motifs is 1. The lowest BCUT2D eigenvalue weighted by molar-refractivity contribution is 0.667. The second-order valence-electron chi connectivity index (χ2n) is 4.43. The van der Waals surface area contributed by atoms with E-state index in [1.807, 2.05) is 34.9 Å². The van der Waals surface area contributed by atoms with Gasteiger partial charge in [0.05, 0.1) is 17.1 Å². The standard InChI is InChI=1S/C14H13ClN4/c1-9(10-4-6-17-7-5-10)19-13-3-2-11(15)8-12(13)18-14(19)16/h2-9H,1H3,(H2,16,18). The summed E-state index contributed by atoms with van der Waals surface area (Å²) in [6, 6.07) is 9.66. The van der Waals surface area contributed by atoms with Crippen molar-refractivity contribution in [2.75, 3.05) is 5.73 Å². The second-order valence-corrected chi connectivity index (χ2v) is 4.87. The molecule has 0 amide bonds. The molecule has 3 rings (SSSR count). The maximum absolute atomic E-state index is 6.03. The highest BCUT2D eigenvalue weighted by molar-refractivity contribution is 6.31. The summed E-state index contributed by atoms with van der Waals surface area (Å²) in [5.41, 5.74) is 8.96. The van der Waals surface area contributed by atoms with E-state index in [4.69, 9.17) is 17.3 Å². The molecule has 0 aliphatic carbocycles. The molecule has 0 saturated heterocycles. The van der Waals surface area contributed by atoms with Crippen molar-refractivity contribution in [3.05, 3.63) is 53.3 Å². The average Bonchev–Trinajstić information content (AvgIpc) is 2.74. The van der Waals surface area contributed by atoms with Gasteiger partial charge in [-0.15, -0.1) is 0 Å². The van der Waals surface area contributed by atoms with Crippen LogP contribution in [0.1, 0.15) is 18.5 Å². The van der Waals surface area contributed by atoms with Gasteiger partial charge in [-0.25, -0.2) is 4.98 Å². The first kappa shape index (κ1) is 12.0. The van der Waals surface area contributed by atoms with Crippen LogP contribution in [0.3, 0.4) is 0 Å². The van der Waals surface area contributed by atoms with Gasteiger partial charge in [-0.2, -0.15) is 0 Å². The predicted octanol–water partition coefficient (Wildman–Crippen LogP) is 3.28. The minimum Gasteiger partial charge on any atom is -0.369 e. The van der Waals surface area contributed by atoms with Crippen molar-refractivity contribution in [1.29, 1.82) is 0 Å². The highest BCUT2D eigenvalue weighted by Gasteiger charge is 2.15. The fraction of sp³-hybridized carbons (Fsp3) is 0.143. The predicted molar refractivity (Wildman–Crippen MR) is 77.2 cm³/mol. The number of benzene rings is 1. The number of anilines is 1. The van der Waals surface area contributed by atoms with Crippen LogP contribution in [0.5, 0.6) is 0 Å². The molecule has 1 atom stereocenters. The number of hydrogen-bond donors (Lipinski definition) is 1. The summed E-state index contributed by atoms with van der Waals surface area (Å²) >= 11 is 5.98. The Balaban J connectivity index is 2.17. The van der Waals surface area contributed by atoms with E-state index in [1.54, 1.807) is 12.4 Å². The van der Waals surface area contributed by atoms with Gasteiger partial charge in [-0.1, -0.05) is 11.6 Å². The number of nitrogen functional groups attached to an aromatic ring is 1. The van der Waals surface area contributed by atoms with Crippen LogP contribution < -0.4 is 5.73 Å². The van der Waals surface area contributed by atoms with Crippen molar-refractivity contribution in [1.82, 2.24) is 14.5 Å². The Morgan fingerprint density at radius 2 is 1.95 bits per heavy atom. The number of halogens is 1. The van der Waals surface area contributed by atoms with Crippen LogP contribution >= 0.6 is 11.6 Å². The zero-order valence-corrected chi connectivity index (χ0v) is 11.2. The largest absolute Gasteiger partial charge is 0.369 e. The lowest BCUT2D eigenvalue weighted by atomic mass is 10.1. The van der Waals surface area contributed by atoms with Gasteiger partial charge >= 0.3 is 0 Å². The Hall–Kier alpha value is -2.07. The van der Waals surface area contributed by atoms with Crippen molar-refractivity contribution in [3.63, 3.8) is 0 Å². The van der Waals surface area contributed by atoms with Gasteiger partial charge in [0.15, 0.2) is 0 Å². The summed E-state index contributed by atoms with van der Waals surface area (Å²) in [5.74, 6) is 0.488. The maximum Gasteiger partial charge on any atom is 0.201 e. The molecule has 4 nitrogen and oxygen atoms in total. The molecule has 0 bridgehead atoms. The summed E-state index contributed by atoms with van der Waals surface area (Å²) in [4.78, 5) is 8.39. The third-order valence-corrected chi connectivity index (χ3v) is 3.49. The van der Waals surface area contributed by atoms with Crippen LogP contribution in [0, 0.1) is 0 Å². The highest BCUT2D eigenvalue weighted by atomic mass is 35.5. The summed E-state index contributed by atoms with van der Waals surface area (Å²) in [5, 5.41) is 0.661. The molecule has 2 aromatic heterocycles. The van der Waals surface area contributed by atoms with Crippen LogP contribution in [0.2, 0.25) is 5.02 Å². The third-order valence-electron chi connectivity index (χ3n) is 3.25. The SMILES string of the molecule is CC(c1ccncc1)n1c(N)nc2cc(Cl)ccc21. The van der Waals surface area contributed by atoms with Gasteiger partial charge in [0, 0.05) is 17.4 Å². The minimum atomic E-state index is 0.0918. The molecule has 0 spiro atoms. The number of aromatic nitrogens is 3. The first-order valence-corrected chi connectivity index (χ1v) is 6.37. The minimum absolute atomic E-state index is 0.0918. The quantitative estimate of drug-likeness (QED) is 0.779. The van der Waals surface area contributed by atoms with Gasteiger partial charge in [-0.05, 0) is 42.8 Å². The molecule has 5 heteroatoms. The molecule has 0 saturated carbocycles. The lowest BCUT2D eigenvalue weighted by Gasteiger charge is -2.16. The van der Waals surface area contributed by atoms with E-state index in [9.17, 15) is 0 Å². The van der Waals surface area contributed by atoms with Gasteiger partial charge in [-0.3, -0.25) is 4.98 Å². The third kappa shape index (κ3) is 2.04. The van der Waals surface area contributed by atoms with E-state index in [0.29, 0.717) is 11.0 Å². The summed E-state index contributed by atoms with van der Waals surface area (Å²) in [6.45, 7) is 2.08. The van der Waals surface area contributed by atoms with Gasteiger partial charge in [0.25, 0.3) is 0 Å². The van der Waals surface area contributed by atoms with E-state index < -0.39 is 0 Å². The first-order valence-electron chi connectivity index (χ1n) is 5.99. The molecule has 0 aliphatic rings. The number of pyridine rings is 1. The summed E-state index contributed by atoms with van der Waals surface area (Å²) in [7, 11) is 0. The van der Waals surface area contributed by atoms with Gasteiger partial charge in [0.1, 0.15) is 0 Å². The molecule has 1 unspecified atom stereocenters. The molecule has 0 radical (unpaired) electrons.